The molecule has 7 nitrogen and oxygen atoms in total. The molecule has 0 aromatic heterocycles. The minimum Gasteiger partial charge on any atom is -0.508 e. The number of carbonyl (C=O) groups excluding carboxylic acids is 1. The molecular weight excluding hydrogens is 444 g/mol. The summed E-state index contributed by atoms with van der Waals surface area (Å²) in [6.45, 7) is 3.70. The summed E-state index contributed by atoms with van der Waals surface area (Å²) in [5, 5.41) is 37.6. The largest absolute Gasteiger partial charge is 0.508 e. The summed E-state index contributed by atoms with van der Waals surface area (Å²) in [5.74, 6) is 0.434. The molecule has 2 bridgehead atoms. The zero-order valence-electron chi connectivity index (χ0n) is 19.8. The van der Waals surface area contributed by atoms with Crippen LogP contribution in [0.25, 0.3) is 0 Å². The molecule has 1 amide bonds. The lowest BCUT2D eigenvalue weighted by Gasteiger charge is -2.62. The van der Waals surface area contributed by atoms with Crippen LogP contribution in [0.2, 0.25) is 0 Å². The number of aryl methyl sites for hydroxylation is 1. The molecule has 182 valence electrons. The van der Waals surface area contributed by atoms with E-state index >= 15 is 0 Å². The average Bonchev–Trinajstić information content (AvgIpc) is 3.57. The molecule has 0 unspecified atom stereocenters. The predicted molar refractivity (Wildman–Crippen MR) is 130 cm³/mol. The molecule has 2 aromatic rings. The summed E-state index contributed by atoms with van der Waals surface area (Å²) < 4.78 is 6.25. The van der Waals surface area contributed by atoms with Gasteiger partial charge in [-0.25, -0.2) is 0 Å². The lowest BCUT2D eigenvalue weighted by atomic mass is 9.49. The molecule has 2 aliphatic heterocycles. The van der Waals surface area contributed by atoms with Gasteiger partial charge in [-0.3, -0.25) is 9.69 Å². The van der Waals surface area contributed by atoms with E-state index in [0.29, 0.717) is 30.2 Å². The van der Waals surface area contributed by atoms with Crippen molar-refractivity contribution in [2.75, 3.05) is 18.4 Å². The lowest BCUT2D eigenvalue weighted by Crippen LogP contribution is -2.75. The van der Waals surface area contributed by atoms with Crippen molar-refractivity contribution in [3.05, 3.63) is 64.4 Å². The van der Waals surface area contributed by atoms with E-state index in [1.54, 1.807) is 6.07 Å². The van der Waals surface area contributed by atoms with Gasteiger partial charge < -0.3 is 25.4 Å². The molecule has 1 spiro atoms. The van der Waals surface area contributed by atoms with Gasteiger partial charge in [-0.05, 0) is 68.8 Å². The SMILES string of the molecule is Cc1ccc(NC(=O)C2=C(O)[C@@H]3Oc4c(O)ccc5c4[C@@]34CCN(CC3CC3)[C@H](C5)[C@]4(O)C2)cc1. The quantitative estimate of drug-likeness (QED) is 0.542. The Kier molecular flexibility index (Phi) is 4.26. The number of aliphatic hydroxyl groups is 2. The molecular formula is C28H30N2O5. The number of anilines is 1. The zero-order valence-corrected chi connectivity index (χ0v) is 19.8. The van der Waals surface area contributed by atoms with Gasteiger partial charge in [0.2, 0.25) is 0 Å². The molecule has 2 fully saturated rings. The van der Waals surface area contributed by atoms with Gasteiger partial charge in [0.1, 0.15) is 5.76 Å². The normalized spacial score (nSPS) is 32.7. The molecule has 3 aliphatic carbocycles. The van der Waals surface area contributed by atoms with Crippen LogP contribution in [0.3, 0.4) is 0 Å². The second-order valence-electron chi connectivity index (χ2n) is 11.1. The molecule has 35 heavy (non-hydrogen) atoms. The number of phenolic OH excluding ortho intramolecular Hbond substituents is 1. The van der Waals surface area contributed by atoms with Crippen LogP contribution in [0.15, 0.2) is 47.7 Å². The van der Waals surface area contributed by atoms with E-state index in [0.717, 1.165) is 29.8 Å². The maximum absolute atomic E-state index is 13.4. The fraction of sp³-hybridized carbons (Fsp3) is 0.464. The number of piperidine rings is 1. The first-order chi connectivity index (χ1) is 16.8. The monoisotopic (exact) mass is 474 g/mol. The zero-order chi connectivity index (χ0) is 24.1. The fourth-order valence-electron chi connectivity index (χ4n) is 7.21. The third-order valence-corrected chi connectivity index (χ3v) is 9.10. The van der Waals surface area contributed by atoms with E-state index in [9.17, 15) is 20.1 Å². The molecule has 2 aromatic carbocycles. The number of amides is 1. The van der Waals surface area contributed by atoms with Crippen molar-refractivity contribution in [1.29, 1.82) is 0 Å². The van der Waals surface area contributed by atoms with Crippen LogP contribution in [0.1, 0.15) is 42.4 Å². The Morgan fingerprint density at radius 2 is 1.94 bits per heavy atom. The molecule has 1 saturated heterocycles. The van der Waals surface area contributed by atoms with E-state index in [4.69, 9.17) is 4.74 Å². The van der Waals surface area contributed by atoms with Crippen LogP contribution in [0, 0.1) is 12.8 Å². The van der Waals surface area contributed by atoms with Gasteiger partial charge in [-0.1, -0.05) is 23.8 Å². The van der Waals surface area contributed by atoms with Crippen molar-refractivity contribution >= 4 is 11.6 Å². The number of nitrogens with one attached hydrogen (secondary N) is 1. The molecule has 4 N–H and O–H groups in total. The highest BCUT2D eigenvalue weighted by molar-refractivity contribution is 6.04. The number of nitrogens with zero attached hydrogens (tertiary/aromatic N) is 1. The molecule has 7 rings (SSSR count). The minimum atomic E-state index is -1.30. The third kappa shape index (κ3) is 2.76. The Balaban J connectivity index is 1.35. The van der Waals surface area contributed by atoms with Crippen LogP contribution in [-0.4, -0.2) is 57.0 Å². The number of aromatic hydroxyl groups is 1. The van der Waals surface area contributed by atoms with Gasteiger partial charge in [-0.2, -0.15) is 0 Å². The van der Waals surface area contributed by atoms with Gasteiger partial charge in [0, 0.05) is 30.3 Å². The average molecular weight is 475 g/mol. The highest BCUT2D eigenvalue weighted by atomic mass is 16.5. The van der Waals surface area contributed by atoms with Gasteiger partial charge in [0.05, 0.1) is 16.6 Å². The number of likely N-dealkylation sites (tertiary alicyclic amines) is 1. The Morgan fingerprint density at radius 3 is 2.69 bits per heavy atom. The van der Waals surface area contributed by atoms with Crippen LogP contribution < -0.4 is 10.1 Å². The number of hydrogen-bond donors (Lipinski definition) is 4. The Hall–Kier alpha value is -3.03. The van der Waals surface area contributed by atoms with E-state index in [-0.39, 0.29) is 29.5 Å². The number of hydrogen-bond acceptors (Lipinski definition) is 6. The standard InChI is InChI=1S/C28H30N2O5/c1-15-2-7-18(8-3-15)29-26(33)19-13-28(34)21-12-17-6-9-20(31)24-22(17)27(28,25(35-24)23(19)32)10-11-30(21)14-16-4-5-16/h2-3,6-9,16,21,25,31-32,34H,4-5,10-14H2,1H3,(H,29,33)/t21-,25+,27+,28-/m1/s1. The highest BCUT2D eigenvalue weighted by Gasteiger charge is 2.73. The topological polar surface area (TPSA) is 102 Å². The van der Waals surface area contributed by atoms with Gasteiger partial charge >= 0.3 is 0 Å². The molecule has 7 heteroatoms. The van der Waals surface area contributed by atoms with E-state index in [1.165, 1.54) is 12.8 Å². The van der Waals surface area contributed by atoms with E-state index in [2.05, 4.69) is 10.2 Å². The van der Waals surface area contributed by atoms with Gasteiger partial charge in [-0.15, -0.1) is 0 Å². The number of benzene rings is 2. The van der Waals surface area contributed by atoms with Crippen LogP contribution in [0.5, 0.6) is 11.5 Å². The first kappa shape index (κ1) is 21.3. The fourth-order valence-corrected chi connectivity index (χ4v) is 7.21. The van der Waals surface area contributed by atoms with Gasteiger partial charge in [0.25, 0.3) is 5.91 Å². The lowest BCUT2D eigenvalue weighted by molar-refractivity contribution is -0.172. The minimum absolute atomic E-state index is 0.00666. The second kappa shape index (κ2) is 7.02. The first-order valence-electron chi connectivity index (χ1n) is 12.6. The summed E-state index contributed by atoms with van der Waals surface area (Å²) in [4.78, 5) is 15.8. The highest BCUT2D eigenvalue weighted by Crippen LogP contribution is 2.66. The summed E-state index contributed by atoms with van der Waals surface area (Å²) in [5.41, 5.74) is 1.54. The Bertz CT molecular complexity index is 1280. The van der Waals surface area contributed by atoms with Crippen molar-refractivity contribution < 1.29 is 24.9 Å². The number of rotatable bonds is 4. The Labute approximate surface area is 204 Å². The third-order valence-electron chi connectivity index (χ3n) is 9.10. The van der Waals surface area contributed by atoms with Crippen LogP contribution >= 0.6 is 0 Å². The maximum Gasteiger partial charge on any atom is 0.255 e. The van der Waals surface area contributed by atoms with Crippen molar-refractivity contribution in [2.45, 2.75) is 62.2 Å². The van der Waals surface area contributed by atoms with E-state index in [1.807, 2.05) is 37.3 Å². The van der Waals surface area contributed by atoms with Crippen LogP contribution in [-0.2, 0) is 16.6 Å². The second-order valence-corrected chi connectivity index (χ2v) is 11.1. The van der Waals surface area contributed by atoms with Crippen molar-refractivity contribution in [2.24, 2.45) is 5.92 Å². The number of carbonyl (C=O) groups is 1. The molecule has 2 heterocycles. The molecule has 4 atom stereocenters. The predicted octanol–water partition coefficient (Wildman–Crippen LogP) is 3.33. The Morgan fingerprint density at radius 1 is 1.17 bits per heavy atom. The molecule has 0 radical (unpaired) electrons. The number of aliphatic hydroxyl groups excluding tert-OH is 1. The number of phenols is 1. The van der Waals surface area contributed by atoms with Crippen molar-refractivity contribution in [3.63, 3.8) is 0 Å². The molecule has 1 saturated carbocycles. The first-order valence-corrected chi connectivity index (χ1v) is 12.6. The maximum atomic E-state index is 13.4. The van der Waals surface area contributed by atoms with Crippen molar-refractivity contribution in [3.8, 4) is 11.5 Å². The molecule has 5 aliphatic rings. The summed E-state index contributed by atoms with van der Waals surface area (Å²) in [6, 6.07) is 10.8. The van der Waals surface area contributed by atoms with Crippen LogP contribution in [0.4, 0.5) is 5.69 Å². The smallest absolute Gasteiger partial charge is 0.255 e. The number of ether oxygens (including phenoxy) is 1. The van der Waals surface area contributed by atoms with E-state index < -0.39 is 23.0 Å². The van der Waals surface area contributed by atoms with Gasteiger partial charge in [0.15, 0.2) is 17.6 Å². The summed E-state index contributed by atoms with van der Waals surface area (Å²) in [6.07, 6.45) is 2.79. The summed E-state index contributed by atoms with van der Waals surface area (Å²) >= 11 is 0. The summed E-state index contributed by atoms with van der Waals surface area (Å²) in [7, 11) is 0. The van der Waals surface area contributed by atoms with Crippen molar-refractivity contribution in [1.82, 2.24) is 4.90 Å².